The number of benzene rings is 2. The van der Waals surface area contributed by atoms with E-state index in [0.717, 1.165) is 6.26 Å². The fraction of sp³-hybridized carbons (Fsp3) is 0.158. The number of aromatic amines is 1. The van der Waals surface area contributed by atoms with E-state index >= 15 is 0 Å². The van der Waals surface area contributed by atoms with Crippen LogP contribution < -0.4 is 10.9 Å². The van der Waals surface area contributed by atoms with Gasteiger partial charge in [-0.3, -0.25) is 9.59 Å². The molecule has 0 aliphatic carbocycles. The first-order valence-corrected chi connectivity index (χ1v) is 11.4. The van der Waals surface area contributed by atoms with Crippen LogP contribution >= 0.6 is 11.3 Å². The predicted octanol–water partition coefficient (Wildman–Crippen LogP) is 2.51. The number of sulfone groups is 1. The molecule has 0 fully saturated rings. The van der Waals surface area contributed by atoms with Gasteiger partial charge in [0.1, 0.15) is 5.82 Å². The second-order valence-electron chi connectivity index (χ2n) is 6.50. The van der Waals surface area contributed by atoms with Crippen molar-refractivity contribution in [2.75, 3.05) is 11.6 Å². The van der Waals surface area contributed by atoms with Gasteiger partial charge < -0.3 is 10.3 Å². The maximum Gasteiger partial charge on any atom is 0.258 e. The zero-order valence-corrected chi connectivity index (χ0v) is 16.9. The average Bonchev–Trinajstić information content (AvgIpc) is 3.07. The third-order valence-electron chi connectivity index (χ3n) is 4.29. The minimum absolute atomic E-state index is 0.117. The molecule has 1 amide bonds. The minimum atomic E-state index is -3.31. The molecule has 0 unspecified atom stereocenters. The smallest absolute Gasteiger partial charge is 0.258 e. The number of hydrogen-bond donors (Lipinski definition) is 2. The van der Waals surface area contributed by atoms with Crippen LogP contribution in [-0.4, -0.2) is 35.5 Å². The predicted molar refractivity (Wildman–Crippen MR) is 112 cm³/mol. The Labute approximate surface area is 169 Å². The fourth-order valence-corrected chi connectivity index (χ4v) is 4.50. The normalized spacial score (nSPS) is 11.8. The van der Waals surface area contributed by atoms with Crippen LogP contribution in [0.15, 0.2) is 52.2 Å². The van der Waals surface area contributed by atoms with Gasteiger partial charge in [-0.15, -0.1) is 0 Å². The van der Waals surface area contributed by atoms with Crippen molar-refractivity contribution >= 4 is 53.3 Å². The number of fused-ring (bicyclic) bond motifs is 2. The van der Waals surface area contributed by atoms with Crippen molar-refractivity contribution in [2.24, 2.45) is 0 Å². The van der Waals surface area contributed by atoms with Crippen LogP contribution in [-0.2, 0) is 21.1 Å². The molecule has 0 bridgehead atoms. The van der Waals surface area contributed by atoms with Gasteiger partial charge in [-0.2, -0.15) is 0 Å². The number of aromatic nitrogens is 3. The Kier molecular flexibility index (Phi) is 4.89. The second-order valence-corrected chi connectivity index (χ2v) is 9.55. The zero-order valence-electron chi connectivity index (χ0n) is 15.3. The number of nitrogens with zero attached hydrogens (tertiary/aromatic N) is 2. The third kappa shape index (κ3) is 4.17. The number of para-hydroxylation sites is 1. The zero-order chi connectivity index (χ0) is 20.6. The average molecular weight is 428 g/mol. The number of rotatable bonds is 5. The van der Waals surface area contributed by atoms with Crippen LogP contribution in [0, 0.1) is 0 Å². The van der Waals surface area contributed by atoms with Gasteiger partial charge in [-0.25, -0.2) is 18.4 Å². The summed E-state index contributed by atoms with van der Waals surface area (Å²) in [6.07, 6.45) is 1.53. The molecule has 0 aliphatic heterocycles. The molecule has 2 N–H and O–H groups in total. The number of carbonyl (C=O) groups excluding carboxylic acids is 1. The summed E-state index contributed by atoms with van der Waals surface area (Å²) < 4.78 is 24.0. The van der Waals surface area contributed by atoms with E-state index in [1.807, 2.05) is 0 Å². The lowest BCUT2D eigenvalue weighted by Crippen LogP contribution is -2.16. The van der Waals surface area contributed by atoms with Crippen LogP contribution in [0.25, 0.3) is 21.1 Å². The highest BCUT2D eigenvalue weighted by Crippen LogP contribution is 2.28. The molecule has 0 saturated carbocycles. The maximum atomic E-state index is 12.3. The molecule has 2 aromatic carbocycles. The van der Waals surface area contributed by atoms with Gasteiger partial charge in [0.15, 0.2) is 15.0 Å². The summed E-state index contributed by atoms with van der Waals surface area (Å²) in [6, 6.07) is 11.7. The maximum absolute atomic E-state index is 12.3. The van der Waals surface area contributed by atoms with Crippen LogP contribution in [0.2, 0.25) is 0 Å². The lowest BCUT2D eigenvalue weighted by Gasteiger charge is -2.03. The van der Waals surface area contributed by atoms with E-state index in [-0.39, 0.29) is 29.2 Å². The number of H-pyrrole nitrogens is 1. The molecule has 0 spiro atoms. The van der Waals surface area contributed by atoms with Crippen molar-refractivity contribution in [2.45, 2.75) is 17.7 Å². The topological polar surface area (TPSA) is 122 Å². The Morgan fingerprint density at radius 2 is 1.93 bits per heavy atom. The molecule has 2 heterocycles. The summed E-state index contributed by atoms with van der Waals surface area (Å²) in [6.45, 7) is 0. The molecule has 29 heavy (non-hydrogen) atoms. The summed E-state index contributed by atoms with van der Waals surface area (Å²) in [5.41, 5.74) is 0.955. The van der Waals surface area contributed by atoms with E-state index in [1.54, 1.807) is 36.4 Å². The molecule has 0 saturated heterocycles. The van der Waals surface area contributed by atoms with Gasteiger partial charge in [0.2, 0.25) is 5.91 Å². The summed E-state index contributed by atoms with van der Waals surface area (Å²) in [4.78, 5) is 35.9. The Morgan fingerprint density at radius 1 is 1.14 bits per heavy atom. The fourth-order valence-electron chi connectivity index (χ4n) is 2.86. The molecule has 4 rings (SSSR count). The van der Waals surface area contributed by atoms with Crippen LogP contribution in [0.3, 0.4) is 0 Å². The Bertz CT molecular complexity index is 1410. The van der Waals surface area contributed by atoms with Gasteiger partial charge in [0.25, 0.3) is 5.56 Å². The number of nitrogens with one attached hydrogen (secondary N) is 2. The van der Waals surface area contributed by atoms with Gasteiger partial charge in [0, 0.05) is 19.1 Å². The monoisotopic (exact) mass is 428 g/mol. The van der Waals surface area contributed by atoms with Gasteiger partial charge >= 0.3 is 0 Å². The highest BCUT2D eigenvalue weighted by molar-refractivity contribution is 7.90. The van der Waals surface area contributed by atoms with E-state index < -0.39 is 9.84 Å². The van der Waals surface area contributed by atoms with Crippen LogP contribution in [0.4, 0.5) is 5.13 Å². The first kappa shape index (κ1) is 19.2. The molecule has 0 atom stereocenters. The summed E-state index contributed by atoms with van der Waals surface area (Å²) in [5.74, 6) is 0.161. The standard InChI is InChI=1S/C19H16N4O4S2/c1-29(26,27)11-6-7-14-15(10-11)28-19(21-14)23-17(24)9-8-16-20-13-5-3-2-4-12(13)18(25)22-16/h2-7,10H,8-9H2,1H3,(H,20,22,25)(H,21,23,24). The van der Waals surface area contributed by atoms with Gasteiger partial charge in [0.05, 0.1) is 26.0 Å². The van der Waals surface area contributed by atoms with Crippen molar-refractivity contribution in [3.05, 3.63) is 58.6 Å². The van der Waals surface area contributed by atoms with Gasteiger partial charge in [-0.1, -0.05) is 23.5 Å². The Balaban J connectivity index is 1.46. The van der Waals surface area contributed by atoms with Crippen LogP contribution in [0.1, 0.15) is 12.2 Å². The highest BCUT2D eigenvalue weighted by atomic mass is 32.2. The number of thiazole rings is 1. The van der Waals surface area contributed by atoms with Crippen molar-refractivity contribution in [3.8, 4) is 0 Å². The van der Waals surface area contributed by atoms with E-state index in [2.05, 4.69) is 20.3 Å². The molecule has 10 heteroatoms. The van der Waals surface area contributed by atoms with E-state index in [1.165, 1.54) is 17.4 Å². The Hall–Kier alpha value is -3.11. The van der Waals surface area contributed by atoms with E-state index in [9.17, 15) is 18.0 Å². The summed E-state index contributed by atoms with van der Waals surface area (Å²) >= 11 is 1.20. The first-order valence-electron chi connectivity index (χ1n) is 8.68. The molecular formula is C19H16N4O4S2. The molecule has 0 aliphatic rings. The lowest BCUT2D eigenvalue weighted by molar-refractivity contribution is -0.116. The Morgan fingerprint density at radius 3 is 2.72 bits per heavy atom. The molecular weight excluding hydrogens is 412 g/mol. The first-order chi connectivity index (χ1) is 13.8. The number of carbonyl (C=O) groups is 1. The van der Waals surface area contributed by atoms with Crippen LogP contribution in [0.5, 0.6) is 0 Å². The molecule has 148 valence electrons. The quantitative estimate of drug-likeness (QED) is 0.504. The number of amides is 1. The van der Waals surface area contributed by atoms with Crippen molar-refractivity contribution in [3.63, 3.8) is 0 Å². The van der Waals surface area contributed by atoms with E-state index in [4.69, 9.17) is 0 Å². The minimum Gasteiger partial charge on any atom is -0.310 e. The second kappa shape index (κ2) is 7.37. The lowest BCUT2D eigenvalue weighted by atomic mass is 10.2. The third-order valence-corrected chi connectivity index (χ3v) is 6.33. The summed E-state index contributed by atoms with van der Waals surface area (Å²) in [7, 11) is -3.31. The number of anilines is 1. The molecule has 4 aromatic rings. The SMILES string of the molecule is CS(=O)(=O)c1ccc2nc(NC(=O)CCc3nc4ccccc4c(=O)[nH]3)sc2c1. The van der Waals surface area contributed by atoms with Gasteiger partial charge in [-0.05, 0) is 30.3 Å². The largest absolute Gasteiger partial charge is 0.310 e. The molecule has 8 nitrogen and oxygen atoms in total. The molecule has 2 aromatic heterocycles. The van der Waals surface area contributed by atoms with E-state index in [0.29, 0.717) is 32.1 Å². The highest BCUT2D eigenvalue weighted by Gasteiger charge is 2.13. The summed E-state index contributed by atoms with van der Waals surface area (Å²) in [5, 5.41) is 3.60. The number of hydrogen-bond acceptors (Lipinski definition) is 7. The number of aryl methyl sites for hydroxylation is 1. The van der Waals surface area contributed by atoms with Crippen molar-refractivity contribution in [1.82, 2.24) is 15.0 Å². The van der Waals surface area contributed by atoms with Crippen molar-refractivity contribution < 1.29 is 13.2 Å². The molecule has 0 radical (unpaired) electrons. The van der Waals surface area contributed by atoms with Crippen molar-refractivity contribution in [1.29, 1.82) is 0 Å².